The second kappa shape index (κ2) is 6.58. The number of carbonyl (C=O) groups excluding carboxylic acids is 1. The standard InChI is InChI=1S/C17H16N4OS/c1-23-14-9-5-8-13(17(18)22)16(14)20-15-10-11-19-21(15)12-6-3-2-4-7-12/h2-11,20H,1H3,(H2,18,22). The first-order chi connectivity index (χ1) is 11.2. The summed E-state index contributed by atoms with van der Waals surface area (Å²) in [6.45, 7) is 0. The molecular weight excluding hydrogens is 308 g/mol. The van der Waals surface area contributed by atoms with Crippen LogP contribution in [0.25, 0.3) is 5.69 Å². The molecule has 0 saturated heterocycles. The highest BCUT2D eigenvalue weighted by molar-refractivity contribution is 7.98. The maximum absolute atomic E-state index is 11.7. The average molecular weight is 324 g/mol. The predicted molar refractivity (Wildman–Crippen MR) is 93.6 cm³/mol. The molecule has 1 heterocycles. The highest BCUT2D eigenvalue weighted by atomic mass is 32.2. The van der Waals surface area contributed by atoms with E-state index in [1.165, 1.54) is 0 Å². The molecule has 1 amide bonds. The Kier molecular flexibility index (Phi) is 4.34. The molecule has 3 N–H and O–H groups in total. The van der Waals surface area contributed by atoms with Crippen LogP contribution in [0.4, 0.5) is 11.5 Å². The van der Waals surface area contributed by atoms with Gasteiger partial charge in [0.05, 0.1) is 23.1 Å². The Hall–Kier alpha value is -2.73. The van der Waals surface area contributed by atoms with E-state index >= 15 is 0 Å². The van der Waals surface area contributed by atoms with Crippen molar-refractivity contribution in [3.05, 3.63) is 66.4 Å². The molecule has 3 rings (SSSR count). The molecule has 3 aromatic rings. The molecule has 0 fully saturated rings. The zero-order valence-electron chi connectivity index (χ0n) is 12.6. The molecule has 0 atom stereocenters. The number of para-hydroxylation sites is 2. The van der Waals surface area contributed by atoms with Gasteiger partial charge in [-0.15, -0.1) is 11.8 Å². The van der Waals surface area contributed by atoms with Crippen molar-refractivity contribution < 1.29 is 4.79 Å². The lowest BCUT2D eigenvalue weighted by Crippen LogP contribution is -2.14. The van der Waals surface area contributed by atoms with E-state index in [1.54, 1.807) is 28.7 Å². The normalized spacial score (nSPS) is 10.5. The molecular formula is C17H16N4OS. The number of primary amides is 1. The van der Waals surface area contributed by atoms with Gasteiger partial charge in [-0.05, 0) is 30.5 Å². The zero-order valence-corrected chi connectivity index (χ0v) is 13.4. The van der Waals surface area contributed by atoms with Gasteiger partial charge in [-0.25, -0.2) is 4.68 Å². The third-order valence-electron chi connectivity index (χ3n) is 3.41. The lowest BCUT2D eigenvalue weighted by Gasteiger charge is -2.15. The number of aromatic nitrogens is 2. The Morgan fingerprint density at radius 2 is 1.91 bits per heavy atom. The summed E-state index contributed by atoms with van der Waals surface area (Å²) >= 11 is 1.55. The summed E-state index contributed by atoms with van der Waals surface area (Å²) in [5.74, 6) is 0.300. The van der Waals surface area contributed by atoms with Crippen LogP contribution in [0.1, 0.15) is 10.4 Å². The molecule has 0 spiro atoms. The Bertz CT molecular complexity index is 830. The fraction of sp³-hybridized carbons (Fsp3) is 0.0588. The molecule has 0 saturated carbocycles. The van der Waals surface area contributed by atoms with E-state index in [2.05, 4.69) is 10.4 Å². The Labute approximate surface area is 138 Å². The average Bonchev–Trinajstić information content (AvgIpc) is 3.04. The van der Waals surface area contributed by atoms with Crippen molar-refractivity contribution in [2.75, 3.05) is 11.6 Å². The molecule has 0 aliphatic carbocycles. The van der Waals surface area contributed by atoms with Gasteiger partial charge in [0.2, 0.25) is 0 Å². The minimum absolute atomic E-state index is 0.456. The number of anilines is 2. The number of hydrogen-bond donors (Lipinski definition) is 2. The molecule has 6 heteroatoms. The van der Waals surface area contributed by atoms with Gasteiger partial charge in [0, 0.05) is 11.0 Å². The summed E-state index contributed by atoms with van der Waals surface area (Å²) < 4.78 is 1.78. The predicted octanol–water partition coefficient (Wildman–Crippen LogP) is 3.44. The number of thioether (sulfide) groups is 1. The highest BCUT2D eigenvalue weighted by Crippen LogP contribution is 2.32. The van der Waals surface area contributed by atoms with Gasteiger partial charge in [0.15, 0.2) is 0 Å². The van der Waals surface area contributed by atoms with E-state index in [0.29, 0.717) is 11.3 Å². The number of carbonyl (C=O) groups is 1. The van der Waals surface area contributed by atoms with Crippen molar-refractivity contribution in [1.29, 1.82) is 0 Å². The maximum atomic E-state index is 11.7. The number of benzene rings is 2. The van der Waals surface area contributed by atoms with Gasteiger partial charge >= 0.3 is 0 Å². The zero-order chi connectivity index (χ0) is 16.2. The Morgan fingerprint density at radius 1 is 1.13 bits per heavy atom. The third kappa shape index (κ3) is 3.07. The van der Waals surface area contributed by atoms with Crippen molar-refractivity contribution in [3.8, 4) is 5.69 Å². The number of amides is 1. The summed E-state index contributed by atoms with van der Waals surface area (Å²) in [5.41, 5.74) is 7.59. The van der Waals surface area contributed by atoms with Crippen LogP contribution >= 0.6 is 11.8 Å². The van der Waals surface area contributed by atoms with Crippen LogP contribution in [0, 0.1) is 0 Å². The molecule has 5 nitrogen and oxygen atoms in total. The molecule has 2 aromatic carbocycles. The van der Waals surface area contributed by atoms with Crippen LogP contribution in [0.3, 0.4) is 0 Å². The topological polar surface area (TPSA) is 72.9 Å². The fourth-order valence-electron chi connectivity index (χ4n) is 2.34. The van der Waals surface area contributed by atoms with Crippen LogP contribution in [0.15, 0.2) is 65.7 Å². The SMILES string of the molecule is CSc1cccc(C(N)=O)c1Nc1ccnn1-c1ccccc1. The van der Waals surface area contributed by atoms with E-state index < -0.39 is 5.91 Å². The van der Waals surface area contributed by atoms with E-state index in [9.17, 15) is 4.79 Å². The van der Waals surface area contributed by atoms with Crippen LogP contribution < -0.4 is 11.1 Å². The molecule has 0 radical (unpaired) electrons. The van der Waals surface area contributed by atoms with Gasteiger partial charge in [-0.2, -0.15) is 5.10 Å². The van der Waals surface area contributed by atoms with E-state index in [-0.39, 0.29) is 0 Å². The van der Waals surface area contributed by atoms with Gasteiger partial charge in [-0.1, -0.05) is 24.3 Å². The third-order valence-corrected chi connectivity index (χ3v) is 4.19. The second-order valence-electron chi connectivity index (χ2n) is 4.84. The van der Waals surface area contributed by atoms with Gasteiger partial charge in [0.25, 0.3) is 5.91 Å². The summed E-state index contributed by atoms with van der Waals surface area (Å²) in [7, 11) is 0. The smallest absolute Gasteiger partial charge is 0.250 e. The van der Waals surface area contributed by atoms with Gasteiger partial charge < -0.3 is 11.1 Å². The van der Waals surface area contributed by atoms with E-state index in [1.807, 2.05) is 54.8 Å². The van der Waals surface area contributed by atoms with E-state index in [4.69, 9.17) is 5.73 Å². The Morgan fingerprint density at radius 3 is 2.61 bits per heavy atom. The summed E-state index contributed by atoms with van der Waals surface area (Å²) in [6, 6.07) is 17.1. The lowest BCUT2D eigenvalue weighted by atomic mass is 10.1. The molecule has 0 aliphatic rings. The highest BCUT2D eigenvalue weighted by Gasteiger charge is 2.14. The minimum Gasteiger partial charge on any atom is -0.366 e. The molecule has 0 bridgehead atoms. The fourth-order valence-corrected chi connectivity index (χ4v) is 2.92. The van der Waals surface area contributed by atoms with E-state index in [0.717, 1.165) is 16.4 Å². The summed E-state index contributed by atoms with van der Waals surface area (Å²) in [4.78, 5) is 12.7. The van der Waals surface area contributed by atoms with Crippen LogP contribution in [-0.4, -0.2) is 21.9 Å². The van der Waals surface area contributed by atoms with Crippen LogP contribution in [0.5, 0.6) is 0 Å². The first kappa shape index (κ1) is 15.2. The summed E-state index contributed by atoms with van der Waals surface area (Å²) in [6.07, 6.45) is 3.67. The van der Waals surface area contributed by atoms with Crippen LogP contribution in [0.2, 0.25) is 0 Å². The molecule has 116 valence electrons. The first-order valence-corrected chi connectivity index (χ1v) is 8.26. The minimum atomic E-state index is -0.464. The number of nitrogens with one attached hydrogen (secondary N) is 1. The molecule has 0 aliphatic heterocycles. The summed E-state index contributed by atoms with van der Waals surface area (Å²) in [5, 5.41) is 7.64. The van der Waals surface area contributed by atoms with Gasteiger partial charge in [0.1, 0.15) is 5.82 Å². The largest absolute Gasteiger partial charge is 0.366 e. The number of rotatable bonds is 5. The first-order valence-electron chi connectivity index (χ1n) is 7.04. The number of nitrogens with two attached hydrogens (primary N) is 1. The molecule has 1 aromatic heterocycles. The van der Waals surface area contributed by atoms with Crippen molar-refractivity contribution in [2.45, 2.75) is 4.90 Å². The van der Waals surface area contributed by atoms with Crippen molar-refractivity contribution in [2.24, 2.45) is 5.73 Å². The van der Waals surface area contributed by atoms with Crippen molar-refractivity contribution >= 4 is 29.2 Å². The molecule has 0 unspecified atom stereocenters. The van der Waals surface area contributed by atoms with Crippen molar-refractivity contribution in [1.82, 2.24) is 9.78 Å². The quantitative estimate of drug-likeness (QED) is 0.705. The lowest BCUT2D eigenvalue weighted by molar-refractivity contribution is 0.100. The van der Waals surface area contributed by atoms with Gasteiger partial charge in [-0.3, -0.25) is 4.79 Å². The Balaban J connectivity index is 2.05. The maximum Gasteiger partial charge on any atom is 0.250 e. The monoisotopic (exact) mass is 324 g/mol. The van der Waals surface area contributed by atoms with Crippen LogP contribution in [-0.2, 0) is 0 Å². The number of hydrogen-bond acceptors (Lipinski definition) is 4. The molecule has 23 heavy (non-hydrogen) atoms. The second-order valence-corrected chi connectivity index (χ2v) is 5.68. The van der Waals surface area contributed by atoms with Crippen molar-refractivity contribution in [3.63, 3.8) is 0 Å². The number of nitrogens with zero attached hydrogens (tertiary/aromatic N) is 2.